The molecule has 0 saturated heterocycles. The van der Waals surface area contributed by atoms with E-state index in [1.54, 1.807) is 0 Å². The highest BCUT2D eigenvalue weighted by molar-refractivity contribution is 6.11. The zero-order valence-corrected chi connectivity index (χ0v) is 34.4. The summed E-state index contributed by atoms with van der Waals surface area (Å²) in [5.74, 6) is 0. The molecular weight excluding hydrogens is 753 g/mol. The van der Waals surface area contributed by atoms with Gasteiger partial charge in [-0.2, -0.15) is 5.26 Å². The normalized spacial score (nSPS) is 13.9. The van der Waals surface area contributed by atoms with E-state index in [-0.39, 0.29) is 5.41 Å². The number of rotatable bonds is 6. The molecule has 9 aromatic carbocycles. The molecule has 0 radical (unpaired) electrons. The Morgan fingerprint density at radius 1 is 0.452 bits per heavy atom. The minimum atomic E-state index is -0.623. The Morgan fingerprint density at radius 3 is 1.68 bits per heavy atom. The molecule has 0 aliphatic heterocycles. The van der Waals surface area contributed by atoms with Gasteiger partial charge < -0.3 is 9.32 Å². The van der Waals surface area contributed by atoms with E-state index in [0.717, 1.165) is 50.1 Å². The minimum absolute atomic E-state index is 0.196. The van der Waals surface area contributed by atoms with E-state index in [0.29, 0.717) is 5.56 Å². The lowest BCUT2D eigenvalue weighted by Gasteiger charge is -2.35. The highest BCUT2D eigenvalue weighted by Gasteiger charge is 2.47. The van der Waals surface area contributed by atoms with Crippen LogP contribution in [0, 0.1) is 11.3 Å². The van der Waals surface area contributed by atoms with E-state index >= 15 is 0 Å². The molecule has 0 fully saturated rings. The number of furan rings is 1. The highest BCUT2D eigenvalue weighted by atomic mass is 16.3. The van der Waals surface area contributed by atoms with Gasteiger partial charge in [-0.25, -0.2) is 0 Å². The Balaban J connectivity index is 1.17. The van der Waals surface area contributed by atoms with E-state index in [9.17, 15) is 5.26 Å². The Morgan fingerprint density at radius 2 is 1.00 bits per heavy atom. The lowest BCUT2D eigenvalue weighted by Crippen LogP contribution is -2.29. The summed E-state index contributed by atoms with van der Waals surface area (Å²) in [5, 5.41) is 11.6. The van der Waals surface area contributed by atoms with Crippen molar-refractivity contribution in [3.63, 3.8) is 0 Å². The number of para-hydroxylation sites is 1. The number of nitrogens with zero attached hydrogens (tertiary/aromatic N) is 2. The summed E-state index contributed by atoms with van der Waals surface area (Å²) < 4.78 is 7.03. The third kappa shape index (κ3) is 5.11. The molecule has 10 aromatic rings. The van der Waals surface area contributed by atoms with E-state index in [2.05, 4.69) is 207 Å². The number of fused-ring (bicyclic) bond motifs is 9. The average molecular weight is 793 g/mol. The van der Waals surface area contributed by atoms with Crippen molar-refractivity contribution in [2.75, 3.05) is 4.90 Å². The molecule has 62 heavy (non-hydrogen) atoms. The van der Waals surface area contributed by atoms with Crippen LogP contribution in [0.4, 0.5) is 17.1 Å². The Kier molecular flexibility index (Phi) is 7.86. The van der Waals surface area contributed by atoms with Crippen molar-refractivity contribution in [3.05, 3.63) is 245 Å². The average Bonchev–Trinajstić information content (AvgIpc) is 3.94. The fraction of sp³-hybridized carbons (Fsp3) is 0.0678. The first-order chi connectivity index (χ1) is 30.4. The van der Waals surface area contributed by atoms with Gasteiger partial charge in [-0.3, -0.25) is 0 Å². The molecule has 0 spiro atoms. The second-order valence-electron chi connectivity index (χ2n) is 17.1. The lowest BCUT2D eigenvalue weighted by atomic mass is 9.67. The monoisotopic (exact) mass is 792 g/mol. The van der Waals surface area contributed by atoms with Crippen LogP contribution in [0.1, 0.15) is 52.8 Å². The molecule has 0 atom stereocenters. The van der Waals surface area contributed by atoms with Crippen LogP contribution >= 0.6 is 0 Å². The summed E-state index contributed by atoms with van der Waals surface area (Å²) in [6, 6.07) is 76.8. The van der Waals surface area contributed by atoms with Crippen LogP contribution in [0.25, 0.3) is 55.3 Å². The van der Waals surface area contributed by atoms with Crippen molar-refractivity contribution >= 4 is 39.0 Å². The molecule has 0 unspecified atom stereocenters. The maximum atomic E-state index is 9.48. The molecule has 0 N–H and O–H groups in total. The summed E-state index contributed by atoms with van der Waals surface area (Å²) >= 11 is 0. The van der Waals surface area contributed by atoms with Crippen molar-refractivity contribution in [1.29, 1.82) is 5.26 Å². The largest absolute Gasteiger partial charge is 0.454 e. The SMILES string of the molecule is CC1(C)c2ccccc2-c2ccc(N(c3ccc(-c4ccc(C#N)cc4)cc3)c3cc(C4(c5ccccc5)c5ccccc5-c5ccccc54)cc4c3oc3ccccc34)cc21. The van der Waals surface area contributed by atoms with Crippen molar-refractivity contribution in [2.45, 2.75) is 24.7 Å². The van der Waals surface area contributed by atoms with Gasteiger partial charge in [0.25, 0.3) is 0 Å². The van der Waals surface area contributed by atoms with E-state index < -0.39 is 5.41 Å². The van der Waals surface area contributed by atoms with Crippen molar-refractivity contribution < 1.29 is 4.42 Å². The first-order valence-corrected chi connectivity index (χ1v) is 21.3. The van der Waals surface area contributed by atoms with Gasteiger partial charge in [-0.15, -0.1) is 0 Å². The van der Waals surface area contributed by atoms with Gasteiger partial charge in [0.2, 0.25) is 0 Å². The molecular formula is C59H40N2O. The maximum absolute atomic E-state index is 9.48. The zero-order chi connectivity index (χ0) is 41.6. The van der Waals surface area contributed by atoms with E-state index in [1.807, 2.05) is 24.3 Å². The summed E-state index contributed by atoms with van der Waals surface area (Å²) in [6.45, 7) is 4.68. The first kappa shape index (κ1) is 36.0. The Bertz CT molecular complexity index is 3400. The number of nitriles is 1. The van der Waals surface area contributed by atoms with Crippen molar-refractivity contribution in [1.82, 2.24) is 0 Å². The molecule has 2 aliphatic carbocycles. The van der Waals surface area contributed by atoms with Gasteiger partial charge in [0.1, 0.15) is 5.58 Å². The molecule has 292 valence electrons. The quantitative estimate of drug-likeness (QED) is 0.168. The van der Waals surface area contributed by atoms with Crippen LogP contribution in [0.2, 0.25) is 0 Å². The lowest BCUT2D eigenvalue weighted by molar-refractivity contribution is 0.660. The van der Waals surface area contributed by atoms with Gasteiger partial charge in [0.05, 0.1) is 22.7 Å². The number of hydrogen-bond donors (Lipinski definition) is 0. The Hall–Kier alpha value is -7.93. The minimum Gasteiger partial charge on any atom is -0.454 e. The van der Waals surface area contributed by atoms with Crippen LogP contribution in [-0.2, 0) is 10.8 Å². The smallest absolute Gasteiger partial charge is 0.159 e. The van der Waals surface area contributed by atoms with Crippen LogP contribution in [0.5, 0.6) is 0 Å². The van der Waals surface area contributed by atoms with Gasteiger partial charge in [0.15, 0.2) is 5.58 Å². The molecule has 0 bridgehead atoms. The summed E-state index contributed by atoms with van der Waals surface area (Å²) in [4.78, 5) is 2.40. The fourth-order valence-electron chi connectivity index (χ4n) is 10.7. The van der Waals surface area contributed by atoms with Gasteiger partial charge >= 0.3 is 0 Å². The summed E-state index contributed by atoms with van der Waals surface area (Å²) in [7, 11) is 0. The fourth-order valence-corrected chi connectivity index (χ4v) is 10.7. The standard InChI is InChI=1S/C59H40N2O/c1-58(2)51-20-10-6-16-45(51)48-33-32-44(36-54(48)58)61(43-30-28-40(29-31-43)39-26-24-38(37-60)25-27-39)55-35-42(34-50-49-19-9-13-23-56(49)62-57(50)55)59(41-14-4-3-5-15-41)52-21-11-7-17-46(52)47-18-8-12-22-53(47)59/h3-36H,1-2H3. The number of benzene rings is 9. The van der Waals surface area contributed by atoms with Gasteiger partial charge in [-0.05, 0) is 121 Å². The molecule has 3 heteroatoms. The van der Waals surface area contributed by atoms with Crippen LogP contribution in [-0.4, -0.2) is 0 Å². The van der Waals surface area contributed by atoms with E-state index in [1.165, 1.54) is 55.6 Å². The predicted molar refractivity (Wildman–Crippen MR) is 253 cm³/mol. The highest BCUT2D eigenvalue weighted by Crippen LogP contribution is 2.58. The summed E-state index contributed by atoms with van der Waals surface area (Å²) in [5.41, 5.74) is 19.3. The zero-order valence-electron chi connectivity index (χ0n) is 34.4. The second kappa shape index (κ2) is 13.5. The van der Waals surface area contributed by atoms with E-state index in [4.69, 9.17) is 4.42 Å². The van der Waals surface area contributed by atoms with Crippen LogP contribution < -0.4 is 4.90 Å². The van der Waals surface area contributed by atoms with Crippen molar-refractivity contribution in [2.24, 2.45) is 0 Å². The number of hydrogen-bond acceptors (Lipinski definition) is 3. The van der Waals surface area contributed by atoms with Crippen LogP contribution in [0.15, 0.2) is 211 Å². The van der Waals surface area contributed by atoms with Crippen molar-refractivity contribution in [3.8, 4) is 39.4 Å². The molecule has 2 aliphatic rings. The second-order valence-corrected chi connectivity index (χ2v) is 17.1. The molecule has 3 nitrogen and oxygen atoms in total. The maximum Gasteiger partial charge on any atom is 0.159 e. The molecule has 0 saturated carbocycles. The molecule has 12 rings (SSSR count). The number of anilines is 3. The molecule has 1 aromatic heterocycles. The summed E-state index contributed by atoms with van der Waals surface area (Å²) in [6.07, 6.45) is 0. The third-order valence-electron chi connectivity index (χ3n) is 13.6. The Labute approximate surface area is 361 Å². The first-order valence-electron chi connectivity index (χ1n) is 21.3. The van der Waals surface area contributed by atoms with Gasteiger partial charge in [0, 0.05) is 27.6 Å². The van der Waals surface area contributed by atoms with Gasteiger partial charge in [-0.1, -0.05) is 166 Å². The predicted octanol–water partition coefficient (Wildman–Crippen LogP) is 15.3. The molecule has 0 amide bonds. The molecule has 1 heterocycles. The van der Waals surface area contributed by atoms with Crippen LogP contribution in [0.3, 0.4) is 0 Å². The third-order valence-corrected chi connectivity index (χ3v) is 13.6. The topological polar surface area (TPSA) is 40.2 Å².